The molecule has 0 heterocycles. The number of rotatable bonds is 4. The van der Waals surface area contributed by atoms with Crippen LogP contribution in [0.2, 0.25) is 0 Å². The van der Waals surface area contributed by atoms with Gasteiger partial charge in [-0.15, -0.1) is 0 Å². The molecule has 0 aliphatic carbocycles. The number of hydrogen-bond acceptors (Lipinski definition) is 2. The van der Waals surface area contributed by atoms with Crippen molar-refractivity contribution in [2.45, 2.75) is 20.4 Å². The van der Waals surface area contributed by atoms with Gasteiger partial charge in [0.1, 0.15) is 5.82 Å². The summed E-state index contributed by atoms with van der Waals surface area (Å²) >= 11 is 0. The van der Waals surface area contributed by atoms with Crippen LogP contribution in [0.15, 0.2) is 42.5 Å². The van der Waals surface area contributed by atoms with E-state index in [4.69, 9.17) is 5.73 Å². The molecule has 21 heavy (non-hydrogen) atoms. The molecule has 2 aromatic rings. The van der Waals surface area contributed by atoms with Gasteiger partial charge in [-0.25, -0.2) is 4.39 Å². The van der Waals surface area contributed by atoms with Gasteiger partial charge in [-0.1, -0.05) is 18.2 Å². The minimum atomic E-state index is -0.489. The van der Waals surface area contributed by atoms with Gasteiger partial charge in [0.15, 0.2) is 0 Å². The Morgan fingerprint density at radius 3 is 2.38 bits per heavy atom. The lowest BCUT2D eigenvalue weighted by Crippen LogP contribution is -2.31. The number of halogens is 1. The molecule has 0 aliphatic rings. The molecule has 2 aromatic carbocycles. The zero-order valence-electron chi connectivity index (χ0n) is 12.3. The maximum absolute atomic E-state index is 14.0. The van der Waals surface area contributed by atoms with Crippen molar-refractivity contribution in [2.24, 2.45) is 5.73 Å². The average Bonchev–Trinajstić information content (AvgIpc) is 2.48. The van der Waals surface area contributed by atoms with Crippen molar-refractivity contribution in [2.75, 3.05) is 11.4 Å². The van der Waals surface area contributed by atoms with E-state index < -0.39 is 5.82 Å². The fraction of sp³-hybridized carbons (Fsp3) is 0.235. The summed E-state index contributed by atoms with van der Waals surface area (Å²) in [4.78, 5) is 14.1. The lowest BCUT2D eigenvalue weighted by Gasteiger charge is -2.21. The van der Waals surface area contributed by atoms with Crippen molar-refractivity contribution in [3.05, 3.63) is 65.0 Å². The van der Waals surface area contributed by atoms with Crippen LogP contribution in [0.3, 0.4) is 0 Å². The molecule has 4 heteroatoms. The second kappa shape index (κ2) is 6.50. The van der Waals surface area contributed by atoms with E-state index in [9.17, 15) is 9.18 Å². The Labute approximate surface area is 124 Å². The number of anilines is 1. The lowest BCUT2D eigenvalue weighted by molar-refractivity contribution is 0.0984. The number of aryl methyl sites for hydroxylation is 1. The number of amides is 1. The Hall–Kier alpha value is -2.20. The number of benzene rings is 2. The summed E-state index contributed by atoms with van der Waals surface area (Å²) in [5.74, 6) is -0.826. The number of nitrogens with two attached hydrogens (primary N) is 1. The third-order valence-electron chi connectivity index (χ3n) is 3.40. The van der Waals surface area contributed by atoms with Crippen molar-refractivity contribution in [1.82, 2.24) is 0 Å². The van der Waals surface area contributed by atoms with E-state index in [0.717, 1.165) is 16.8 Å². The molecule has 0 saturated carbocycles. The van der Waals surface area contributed by atoms with E-state index in [2.05, 4.69) is 0 Å². The summed E-state index contributed by atoms with van der Waals surface area (Å²) < 4.78 is 14.0. The molecule has 2 rings (SSSR count). The minimum Gasteiger partial charge on any atom is -0.326 e. The zero-order valence-corrected chi connectivity index (χ0v) is 12.3. The average molecular weight is 286 g/mol. The fourth-order valence-corrected chi connectivity index (χ4v) is 2.19. The third kappa shape index (κ3) is 3.28. The van der Waals surface area contributed by atoms with Gasteiger partial charge in [-0.05, 0) is 49.2 Å². The Balaban J connectivity index is 2.33. The van der Waals surface area contributed by atoms with Crippen molar-refractivity contribution in [3.63, 3.8) is 0 Å². The summed E-state index contributed by atoms with van der Waals surface area (Å²) in [6, 6.07) is 12.0. The van der Waals surface area contributed by atoms with Gasteiger partial charge in [-0.3, -0.25) is 4.79 Å². The molecule has 2 N–H and O–H groups in total. The predicted octanol–water partition coefficient (Wildman–Crippen LogP) is 3.26. The van der Waals surface area contributed by atoms with Crippen LogP contribution in [0.4, 0.5) is 10.1 Å². The topological polar surface area (TPSA) is 46.3 Å². The molecule has 0 radical (unpaired) electrons. The van der Waals surface area contributed by atoms with Gasteiger partial charge in [-0.2, -0.15) is 0 Å². The Morgan fingerprint density at radius 1 is 1.19 bits per heavy atom. The molecule has 0 spiro atoms. The quantitative estimate of drug-likeness (QED) is 0.937. The number of carbonyl (C=O) groups is 1. The van der Waals surface area contributed by atoms with Gasteiger partial charge < -0.3 is 10.6 Å². The molecule has 0 saturated heterocycles. The monoisotopic (exact) mass is 286 g/mol. The smallest absolute Gasteiger partial charge is 0.261 e. The van der Waals surface area contributed by atoms with E-state index in [0.29, 0.717) is 13.1 Å². The largest absolute Gasteiger partial charge is 0.326 e. The molecule has 0 aliphatic heterocycles. The molecule has 0 fully saturated rings. The van der Waals surface area contributed by atoms with E-state index in [-0.39, 0.29) is 11.5 Å². The SMILES string of the molecule is CCN(C(=O)c1ccc(C)cc1F)c1ccc(CN)cc1. The Bertz CT molecular complexity index is 638. The predicted molar refractivity (Wildman–Crippen MR) is 82.8 cm³/mol. The van der Waals surface area contributed by atoms with Crippen LogP contribution in [-0.4, -0.2) is 12.5 Å². The van der Waals surface area contributed by atoms with Gasteiger partial charge >= 0.3 is 0 Å². The summed E-state index contributed by atoms with van der Waals surface area (Å²) in [6.45, 7) is 4.57. The number of hydrogen-bond donors (Lipinski definition) is 1. The molecule has 110 valence electrons. The van der Waals surface area contributed by atoms with E-state index >= 15 is 0 Å². The maximum atomic E-state index is 14.0. The number of carbonyl (C=O) groups excluding carboxylic acids is 1. The molecular formula is C17H19FN2O. The molecule has 3 nitrogen and oxygen atoms in total. The lowest BCUT2D eigenvalue weighted by atomic mass is 10.1. The highest BCUT2D eigenvalue weighted by Gasteiger charge is 2.19. The minimum absolute atomic E-state index is 0.0883. The van der Waals surface area contributed by atoms with Crippen molar-refractivity contribution >= 4 is 11.6 Å². The fourth-order valence-electron chi connectivity index (χ4n) is 2.19. The van der Waals surface area contributed by atoms with E-state index in [1.807, 2.05) is 31.2 Å². The molecule has 0 atom stereocenters. The standard InChI is InChI=1S/C17H19FN2O/c1-3-20(14-7-5-13(11-19)6-8-14)17(21)15-9-4-12(2)10-16(15)18/h4-10H,3,11,19H2,1-2H3. The normalized spacial score (nSPS) is 10.5. The second-order valence-electron chi connectivity index (χ2n) is 4.90. The molecule has 0 bridgehead atoms. The first-order valence-corrected chi connectivity index (χ1v) is 6.93. The molecule has 1 amide bonds. The summed E-state index contributed by atoms with van der Waals surface area (Å²) in [5.41, 5.74) is 8.17. The van der Waals surface area contributed by atoms with E-state index in [1.165, 1.54) is 12.1 Å². The van der Waals surface area contributed by atoms with Gasteiger partial charge in [0.25, 0.3) is 5.91 Å². The highest BCUT2D eigenvalue weighted by molar-refractivity contribution is 6.06. The van der Waals surface area contributed by atoms with Crippen LogP contribution in [-0.2, 0) is 6.54 Å². The van der Waals surface area contributed by atoms with Crippen molar-refractivity contribution in [1.29, 1.82) is 0 Å². The molecule has 0 unspecified atom stereocenters. The highest BCUT2D eigenvalue weighted by Crippen LogP contribution is 2.20. The highest BCUT2D eigenvalue weighted by atomic mass is 19.1. The maximum Gasteiger partial charge on any atom is 0.261 e. The first-order valence-electron chi connectivity index (χ1n) is 6.93. The van der Waals surface area contributed by atoms with Gasteiger partial charge in [0, 0.05) is 18.8 Å². The van der Waals surface area contributed by atoms with Crippen molar-refractivity contribution < 1.29 is 9.18 Å². The van der Waals surface area contributed by atoms with Crippen LogP contribution < -0.4 is 10.6 Å². The van der Waals surface area contributed by atoms with Crippen LogP contribution >= 0.6 is 0 Å². The second-order valence-corrected chi connectivity index (χ2v) is 4.90. The Morgan fingerprint density at radius 2 is 1.86 bits per heavy atom. The first kappa shape index (κ1) is 15.2. The summed E-state index contributed by atoms with van der Waals surface area (Å²) in [7, 11) is 0. The summed E-state index contributed by atoms with van der Waals surface area (Å²) in [6.07, 6.45) is 0. The molecular weight excluding hydrogens is 267 g/mol. The summed E-state index contributed by atoms with van der Waals surface area (Å²) in [5, 5.41) is 0. The van der Waals surface area contributed by atoms with Crippen LogP contribution in [0, 0.1) is 12.7 Å². The van der Waals surface area contributed by atoms with Crippen LogP contribution in [0.25, 0.3) is 0 Å². The Kier molecular flexibility index (Phi) is 4.70. The third-order valence-corrected chi connectivity index (χ3v) is 3.40. The van der Waals surface area contributed by atoms with Crippen LogP contribution in [0.1, 0.15) is 28.4 Å². The van der Waals surface area contributed by atoms with E-state index in [1.54, 1.807) is 17.9 Å². The van der Waals surface area contributed by atoms with Gasteiger partial charge in [0.2, 0.25) is 0 Å². The molecule has 0 aromatic heterocycles. The zero-order chi connectivity index (χ0) is 15.4. The van der Waals surface area contributed by atoms with Gasteiger partial charge in [0.05, 0.1) is 5.56 Å². The van der Waals surface area contributed by atoms with Crippen molar-refractivity contribution in [3.8, 4) is 0 Å². The first-order chi connectivity index (χ1) is 10.1. The number of nitrogens with zero attached hydrogens (tertiary/aromatic N) is 1. The van der Waals surface area contributed by atoms with Crippen LogP contribution in [0.5, 0.6) is 0 Å².